The van der Waals surface area contributed by atoms with Gasteiger partial charge in [0.2, 0.25) is 6.33 Å². The fourth-order valence-corrected chi connectivity index (χ4v) is 1.05. The highest BCUT2D eigenvalue weighted by Crippen LogP contribution is 2.00. The lowest BCUT2D eigenvalue weighted by molar-refractivity contribution is -0.760. The fraction of sp³-hybridized carbons (Fsp3) is 0.625. The molecule has 0 aliphatic carbocycles. The molecule has 0 spiro atoms. The first-order valence-corrected chi connectivity index (χ1v) is 3.95. The van der Waals surface area contributed by atoms with Crippen LogP contribution in [-0.4, -0.2) is 9.67 Å². The number of hydrogen-bond donors (Lipinski definition) is 1. The lowest BCUT2D eigenvalue weighted by Crippen LogP contribution is -3.00. The summed E-state index contributed by atoms with van der Waals surface area (Å²) in [6.45, 7) is 2.06. The number of aromatic nitrogens is 2. The summed E-state index contributed by atoms with van der Waals surface area (Å²) in [6, 6.07) is 0. The highest BCUT2D eigenvalue weighted by molar-refractivity contribution is 4.62. The van der Waals surface area contributed by atoms with Gasteiger partial charge in [0.25, 0.3) is 0 Å². The summed E-state index contributed by atoms with van der Waals surface area (Å²) >= 11 is 0. The van der Waals surface area contributed by atoms with Crippen molar-refractivity contribution in [3.63, 3.8) is 0 Å². The largest absolute Gasteiger partial charge is 1.00 e. The summed E-state index contributed by atoms with van der Waals surface area (Å²) in [5.74, 6) is 0. The molecule has 0 saturated heterocycles. The van der Waals surface area contributed by atoms with E-state index in [0.29, 0.717) is 0 Å². The second kappa shape index (κ2) is 5.32. The molecular formula is C8H15BrN2O. The fourth-order valence-electron chi connectivity index (χ4n) is 1.05. The van der Waals surface area contributed by atoms with E-state index in [-0.39, 0.29) is 23.2 Å². The lowest BCUT2D eigenvalue weighted by atomic mass is 10.3. The molecular weight excluding hydrogens is 220 g/mol. The zero-order valence-corrected chi connectivity index (χ0v) is 9.03. The minimum atomic E-state index is -0.360. The Balaban J connectivity index is 0.00000121. The number of hydrogen-bond acceptors (Lipinski definition) is 1. The van der Waals surface area contributed by atoms with Crippen molar-refractivity contribution in [2.75, 3.05) is 0 Å². The summed E-state index contributed by atoms with van der Waals surface area (Å²) in [4.78, 5) is 0. The molecule has 0 radical (unpaired) electrons. The second-order valence-electron chi connectivity index (χ2n) is 2.80. The third kappa shape index (κ3) is 2.95. The third-order valence-corrected chi connectivity index (χ3v) is 1.68. The molecule has 0 aliphatic rings. The number of halogens is 1. The Morgan fingerprint density at radius 2 is 2.25 bits per heavy atom. The average molecular weight is 235 g/mol. The van der Waals surface area contributed by atoms with Crippen molar-refractivity contribution in [1.82, 2.24) is 4.57 Å². The topological polar surface area (TPSA) is 29.0 Å². The summed E-state index contributed by atoms with van der Waals surface area (Å²) in [5, 5.41) is 9.48. The van der Waals surface area contributed by atoms with E-state index in [2.05, 4.69) is 6.92 Å². The monoisotopic (exact) mass is 234 g/mol. The van der Waals surface area contributed by atoms with Gasteiger partial charge in [-0.1, -0.05) is 6.92 Å². The Labute approximate surface area is 83.4 Å². The van der Waals surface area contributed by atoms with Gasteiger partial charge in [0, 0.05) is 6.42 Å². The summed E-state index contributed by atoms with van der Waals surface area (Å²) in [5.41, 5.74) is 0. The molecule has 1 rings (SSSR count). The highest BCUT2D eigenvalue weighted by Gasteiger charge is 2.09. The second-order valence-corrected chi connectivity index (χ2v) is 2.80. The van der Waals surface area contributed by atoms with Gasteiger partial charge in [-0.05, 0) is 6.42 Å². The quantitative estimate of drug-likeness (QED) is 0.582. The van der Waals surface area contributed by atoms with Crippen molar-refractivity contribution in [1.29, 1.82) is 0 Å². The average Bonchev–Trinajstić information content (AvgIpc) is 2.36. The van der Waals surface area contributed by atoms with E-state index in [9.17, 15) is 5.11 Å². The molecule has 1 aromatic rings. The first kappa shape index (κ1) is 11.6. The molecule has 12 heavy (non-hydrogen) atoms. The van der Waals surface area contributed by atoms with E-state index in [0.717, 1.165) is 12.8 Å². The van der Waals surface area contributed by atoms with Crippen molar-refractivity contribution in [2.24, 2.45) is 7.05 Å². The Kier molecular flexibility index (Phi) is 5.17. The van der Waals surface area contributed by atoms with Gasteiger partial charge in [-0.2, -0.15) is 0 Å². The molecule has 1 unspecified atom stereocenters. The van der Waals surface area contributed by atoms with Crippen LogP contribution in [0, 0.1) is 0 Å². The normalized spacial score (nSPS) is 12.2. The van der Waals surface area contributed by atoms with Crippen LogP contribution in [0.3, 0.4) is 0 Å². The van der Waals surface area contributed by atoms with E-state index in [1.54, 1.807) is 0 Å². The molecule has 1 atom stereocenters. The Morgan fingerprint density at radius 3 is 2.67 bits per heavy atom. The number of aliphatic hydroxyl groups is 1. The predicted octanol–water partition coefficient (Wildman–Crippen LogP) is -2.39. The predicted molar refractivity (Wildman–Crippen MR) is 41.8 cm³/mol. The van der Waals surface area contributed by atoms with Gasteiger partial charge in [0.1, 0.15) is 12.4 Å². The zero-order chi connectivity index (χ0) is 8.27. The minimum absolute atomic E-state index is 0. The molecule has 1 aromatic heterocycles. The summed E-state index contributed by atoms with van der Waals surface area (Å²) < 4.78 is 3.72. The first-order valence-electron chi connectivity index (χ1n) is 3.95. The van der Waals surface area contributed by atoms with Crippen LogP contribution >= 0.6 is 0 Å². The van der Waals surface area contributed by atoms with Gasteiger partial charge < -0.3 is 22.1 Å². The highest BCUT2D eigenvalue weighted by atomic mass is 79.9. The molecule has 0 fully saturated rings. The molecule has 0 saturated carbocycles. The van der Waals surface area contributed by atoms with Crippen LogP contribution in [0.25, 0.3) is 0 Å². The number of nitrogens with zero attached hydrogens (tertiary/aromatic N) is 2. The minimum Gasteiger partial charge on any atom is -1.00 e. The van der Waals surface area contributed by atoms with E-state index < -0.39 is 0 Å². The lowest BCUT2D eigenvalue weighted by Gasteiger charge is -2.02. The number of rotatable bonds is 3. The third-order valence-electron chi connectivity index (χ3n) is 1.68. The van der Waals surface area contributed by atoms with Gasteiger partial charge in [0.15, 0.2) is 6.23 Å². The maximum absolute atomic E-state index is 9.48. The molecule has 1 N–H and O–H groups in total. The maximum atomic E-state index is 9.48. The van der Waals surface area contributed by atoms with Crippen LogP contribution in [0.2, 0.25) is 0 Å². The van der Waals surface area contributed by atoms with Crippen LogP contribution in [0.4, 0.5) is 0 Å². The standard InChI is InChI=1S/C8H15N2O.BrH/c1-3-4-8(11)10-6-5-9(2)7-10;/h5-8,11H,3-4H2,1-2H3;1H/q+1;/p-1. The molecule has 0 aromatic carbocycles. The van der Waals surface area contributed by atoms with Crippen molar-refractivity contribution >= 4 is 0 Å². The van der Waals surface area contributed by atoms with Gasteiger partial charge in [-0.3, -0.25) is 0 Å². The van der Waals surface area contributed by atoms with Crippen molar-refractivity contribution in [3.8, 4) is 0 Å². The summed E-state index contributed by atoms with van der Waals surface area (Å²) in [7, 11) is 1.94. The number of aryl methyl sites for hydroxylation is 1. The number of imidazole rings is 1. The zero-order valence-electron chi connectivity index (χ0n) is 7.44. The van der Waals surface area contributed by atoms with Crippen LogP contribution in [0.1, 0.15) is 26.0 Å². The van der Waals surface area contributed by atoms with E-state index in [1.807, 2.05) is 34.9 Å². The number of aliphatic hydroxyl groups excluding tert-OH is 1. The Bertz CT molecular complexity index is 225. The van der Waals surface area contributed by atoms with E-state index in [1.165, 1.54) is 0 Å². The van der Waals surface area contributed by atoms with Crippen molar-refractivity contribution in [2.45, 2.75) is 26.0 Å². The smallest absolute Gasteiger partial charge is 0.245 e. The first-order chi connectivity index (χ1) is 5.24. The molecule has 0 bridgehead atoms. The Hall–Kier alpha value is -0.350. The maximum Gasteiger partial charge on any atom is 0.245 e. The molecule has 0 amide bonds. The van der Waals surface area contributed by atoms with Gasteiger partial charge in [0.05, 0.1) is 7.05 Å². The van der Waals surface area contributed by atoms with Gasteiger partial charge in [-0.15, -0.1) is 0 Å². The van der Waals surface area contributed by atoms with Crippen LogP contribution in [0.5, 0.6) is 0 Å². The van der Waals surface area contributed by atoms with Crippen LogP contribution < -0.4 is 21.5 Å². The van der Waals surface area contributed by atoms with Gasteiger partial charge >= 0.3 is 0 Å². The van der Waals surface area contributed by atoms with Crippen LogP contribution in [-0.2, 0) is 7.05 Å². The molecule has 4 heteroatoms. The molecule has 70 valence electrons. The van der Waals surface area contributed by atoms with Crippen molar-refractivity contribution < 1.29 is 26.7 Å². The molecule has 1 heterocycles. The molecule has 0 aliphatic heterocycles. The van der Waals surface area contributed by atoms with E-state index in [4.69, 9.17) is 0 Å². The summed E-state index contributed by atoms with van der Waals surface area (Å²) in [6.07, 6.45) is 7.12. The SMILES string of the molecule is CCCC(O)[n+]1ccn(C)c1.[Br-]. The van der Waals surface area contributed by atoms with Gasteiger partial charge in [-0.25, -0.2) is 9.13 Å². The van der Waals surface area contributed by atoms with Crippen LogP contribution in [0.15, 0.2) is 18.7 Å². The molecule has 3 nitrogen and oxygen atoms in total. The van der Waals surface area contributed by atoms with Crippen molar-refractivity contribution in [3.05, 3.63) is 18.7 Å². The Morgan fingerprint density at radius 1 is 1.58 bits per heavy atom. The van der Waals surface area contributed by atoms with E-state index >= 15 is 0 Å².